The third-order valence-corrected chi connectivity index (χ3v) is 4.78. The summed E-state index contributed by atoms with van der Waals surface area (Å²) in [6.45, 7) is 3.84. The van der Waals surface area contributed by atoms with Gasteiger partial charge in [-0.05, 0) is 30.7 Å². The van der Waals surface area contributed by atoms with Crippen LogP contribution < -0.4 is 11.2 Å². The summed E-state index contributed by atoms with van der Waals surface area (Å²) in [5.41, 5.74) is 10.5. The van der Waals surface area contributed by atoms with Gasteiger partial charge in [0.2, 0.25) is 5.96 Å². The summed E-state index contributed by atoms with van der Waals surface area (Å²) in [6.07, 6.45) is 0. The number of nitrogens with one attached hydrogen (secondary N) is 2. The predicted molar refractivity (Wildman–Crippen MR) is 97.1 cm³/mol. The molecule has 3 aromatic rings. The highest BCUT2D eigenvalue weighted by Crippen LogP contribution is 2.30. The van der Waals surface area contributed by atoms with Crippen molar-refractivity contribution in [3.8, 4) is 10.6 Å². The molecule has 0 fully saturated rings. The molecule has 23 heavy (non-hydrogen) atoms. The van der Waals surface area contributed by atoms with Gasteiger partial charge in [-0.25, -0.2) is 10.4 Å². The van der Waals surface area contributed by atoms with E-state index in [2.05, 4.69) is 45.8 Å². The SMILES string of the molecule is C/C(=N/NC(=N)N)c1sc(-c2ccc3ccccc3c2)nc1C. The van der Waals surface area contributed by atoms with Gasteiger partial charge in [0.25, 0.3) is 0 Å². The molecular formula is C17H17N5S. The van der Waals surface area contributed by atoms with Gasteiger partial charge in [-0.2, -0.15) is 5.10 Å². The molecule has 6 heteroatoms. The van der Waals surface area contributed by atoms with Gasteiger partial charge < -0.3 is 5.73 Å². The Labute approximate surface area is 138 Å². The fraction of sp³-hybridized carbons (Fsp3) is 0.118. The highest BCUT2D eigenvalue weighted by molar-refractivity contribution is 7.17. The second-order valence-corrected chi connectivity index (χ2v) is 6.22. The molecule has 0 saturated carbocycles. The normalized spacial score (nSPS) is 11.7. The third kappa shape index (κ3) is 3.22. The van der Waals surface area contributed by atoms with Crippen molar-refractivity contribution in [2.75, 3.05) is 0 Å². The van der Waals surface area contributed by atoms with Gasteiger partial charge in [-0.1, -0.05) is 36.4 Å². The molecule has 2 aromatic carbocycles. The molecule has 116 valence electrons. The van der Waals surface area contributed by atoms with Gasteiger partial charge in [0.05, 0.1) is 16.3 Å². The van der Waals surface area contributed by atoms with E-state index in [-0.39, 0.29) is 5.96 Å². The van der Waals surface area contributed by atoms with Gasteiger partial charge in [0, 0.05) is 5.56 Å². The molecular weight excluding hydrogens is 306 g/mol. The van der Waals surface area contributed by atoms with Crippen molar-refractivity contribution in [2.24, 2.45) is 10.8 Å². The molecule has 0 aliphatic carbocycles. The van der Waals surface area contributed by atoms with Crippen LogP contribution >= 0.6 is 11.3 Å². The molecule has 0 radical (unpaired) electrons. The van der Waals surface area contributed by atoms with Crippen LogP contribution in [0.1, 0.15) is 17.5 Å². The fourth-order valence-electron chi connectivity index (χ4n) is 2.37. The second kappa shape index (κ2) is 6.18. The number of nitrogens with two attached hydrogens (primary N) is 1. The second-order valence-electron chi connectivity index (χ2n) is 5.22. The lowest BCUT2D eigenvalue weighted by Gasteiger charge is -2.00. The van der Waals surface area contributed by atoms with E-state index < -0.39 is 0 Å². The molecule has 0 aliphatic rings. The number of hydrogen-bond donors (Lipinski definition) is 3. The zero-order valence-corrected chi connectivity index (χ0v) is 13.7. The molecule has 0 amide bonds. The van der Waals surface area contributed by atoms with Gasteiger partial charge >= 0.3 is 0 Å². The minimum Gasteiger partial charge on any atom is -0.369 e. The number of aromatic nitrogens is 1. The zero-order valence-electron chi connectivity index (χ0n) is 12.9. The van der Waals surface area contributed by atoms with E-state index in [1.807, 2.05) is 26.0 Å². The lowest BCUT2D eigenvalue weighted by molar-refractivity contribution is 0.992. The number of hydrogen-bond acceptors (Lipinski definition) is 4. The molecule has 0 aliphatic heterocycles. The first kappa shape index (κ1) is 15.2. The van der Waals surface area contributed by atoms with Crippen molar-refractivity contribution >= 4 is 33.8 Å². The van der Waals surface area contributed by atoms with Crippen LogP contribution in [-0.2, 0) is 0 Å². The van der Waals surface area contributed by atoms with Crippen LogP contribution in [0.4, 0.5) is 0 Å². The molecule has 0 spiro atoms. The van der Waals surface area contributed by atoms with Crippen LogP contribution in [0, 0.1) is 12.3 Å². The van der Waals surface area contributed by atoms with Crippen LogP contribution in [0.3, 0.4) is 0 Å². The van der Waals surface area contributed by atoms with Crippen molar-refractivity contribution in [2.45, 2.75) is 13.8 Å². The number of aryl methyl sites for hydroxylation is 1. The van der Waals surface area contributed by atoms with E-state index in [0.29, 0.717) is 0 Å². The first-order valence-corrected chi connectivity index (χ1v) is 7.97. The van der Waals surface area contributed by atoms with Gasteiger partial charge in [0.15, 0.2) is 0 Å². The minimum absolute atomic E-state index is 0.179. The van der Waals surface area contributed by atoms with Crippen molar-refractivity contribution in [1.29, 1.82) is 5.41 Å². The maximum atomic E-state index is 7.17. The van der Waals surface area contributed by atoms with E-state index in [4.69, 9.17) is 11.1 Å². The molecule has 3 rings (SSSR count). The highest BCUT2D eigenvalue weighted by atomic mass is 32.1. The van der Waals surface area contributed by atoms with Crippen LogP contribution in [-0.4, -0.2) is 16.7 Å². The number of benzene rings is 2. The molecule has 5 nitrogen and oxygen atoms in total. The quantitative estimate of drug-likeness (QED) is 0.392. The Morgan fingerprint density at radius 1 is 1.22 bits per heavy atom. The van der Waals surface area contributed by atoms with Crippen LogP contribution in [0.25, 0.3) is 21.3 Å². The highest BCUT2D eigenvalue weighted by Gasteiger charge is 2.12. The molecule has 4 N–H and O–H groups in total. The van der Waals surface area contributed by atoms with E-state index >= 15 is 0 Å². The summed E-state index contributed by atoms with van der Waals surface area (Å²) in [6, 6.07) is 14.6. The lowest BCUT2D eigenvalue weighted by Crippen LogP contribution is -2.26. The number of fused-ring (bicyclic) bond motifs is 1. The van der Waals surface area contributed by atoms with E-state index in [0.717, 1.165) is 26.9 Å². The summed E-state index contributed by atoms with van der Waals surface area (Å²) in [5.74, 6) is -0.179. The Bertz CT molecular complexity index is 910. The number of thiazole rings is 1. The standard InChI is InChI=1S/C17H17N5S/c1-10-15(11(2)21-22-17(18)19)23-16(20-10)14-8-7-12-5-3-4-6-13(12)9-14/h3-9H,1-2H3,(H4,18,19,22)/b21-11-. The molecule has 1 heterocycles. The van der Waals surface area contributed by atoms with Crippen LogP contribution in [0.15, 0.2) is 47.6 Å². The summed E-state index contributed by atoms with van der Waals surface area (Å²) in [5, 5.41) is 14.6. The molecule has 0 saturated heterocycles. The Hall–Kier alpha value is -2.73. The largest absolute Gasteiger partial charge is 0.369 e. The maximum absolute atomic E-state index is 7.17. The average molecular weight is 323 g/mol. The summed E-state index contributed by atoms with van der Waals surface area (Å²) in [4.78, 5) is 5.65. The first-order valence-electron chi connectivity index (χ1n) is 7.16. The van der Waals surface area contributed by atoms with E-state index in [1.54, 1.807) is 11.3 Å². The van der Waals surface area contributed by atoms with Crippen molar-refractivity contribution in [3.63, 3.8) is 0 Å². The monoisotopic (exact) mass is 323 g/mol. The molecule has 0 unspecified atom stereocenters. The summed E-state index contributed by atoms with van der Waals surface area (Å²) >= 11 is 1.59. The maximum Gasteiger partial charge on any atom is 0.206 e. The van der Waals surface area contributed by atoms with Gasteiger partial charge in [0.1, 0.15) is 5.01 Å². The average Bonchev–Trinajstić information content (AvgIpc) is 2.94. The molecule has 1 aromatic heterocycles. The smallest absolute Gasteiger partial charge is 0.206 e. The Balaban J connectivity index is 1.98. The Kier molecular flexibility index (Phi) is 4.08. The number of guanidine groups is 1. The summed E-state index contributed by atoms with van der Waals surface area (Å²) in [7, 11) is 0. The topological polar surface area (TPSA) is 87.2 Å². The molecule has 0 bridgehead atoms. The molecule has 0 atom stereocenters. The van der Waals surface area contributed by atoms with Crippen LogP contribution in [0.2, 0.25) is 0 Å². The fourth-order valence-corrected chi connectivity index (χ4v) is 3.38. The number of rotatable bonds is 3. The predicted octanol–water partition coefficient (Wildman–Crippen LogP) is 3.48. The summed E-state index contributed by atoms with van der Waals surface area (Å²) < 4.78 is 0. The Morgan fingerprint density at radius 3 is 2.70 bits per heavy atom. The number of nitrogens with zero attached hydrogens (tertiary/aromatic N) is 2. The zero-order chi connectivity index (χ0) is 16.4. The third-order valence-electron chi connectivity index (χ3n) is 3.47. The van der Waals surface area contributed by atoms with Crippen molar-refractivity contribution < 1.29 is 0 Å². The minimum atomic E-state index is -0.179. The van der Waals surface area contributed by atoms with Gasteiger partial charge in [-0.3, -0.25) is 5.41 Å². The Morgan fingerprint density at radius 2 is 1.96 bits per heavy atom. The van der Waals surface area contributed by atoms with E-state index in [1.165, 1.54) is 10.8 Å². The lowest BCUT2D eigenvalue weighted by atomic mass is 10.1. The van der Waals surface area contributed by atoms with Crippen LogP contribution in [0.5, 0.6) is 0 Å². The van der Waals surface area contributed by atoms with E-state index in [9.17, 15) is 0 Å². The van der Waals surface area contributed by atoms with Gasteiger partial charge in [-0.15, -0.1) is 11.3 Å². The van der Waals surface area contributed by atoms with Crippen molar-refractivity contribution in [3.05, 3.63) is 53.0 Å². The first-order chi connectivity index (χ1) is 11.0. The van der Waals surface area contributed by atoms with Crippen molar-refractivity contribution in [1.82, 2.24) is 10.4 Å². The number of hydrazone groups is 1.